The summed E-state index contributed by atoms with van der Waals surface area (Å²) < 4.78 is 0.998. The van der Waals surface area contributed by atoms with Gasteiger partial charge < -0.3 is 5.32 Å². The van der Waals surface area contributed by atoms with E-state index in [1.54, 1.807) is 0 Å². The SMILES string of the molecule is Clc1ccc(CN2CCC(NCC3CC3)CC2)cc1Br. The molecular formula is C16H22BrClN2. The highest BCUT2D eigenvalue weighted by atomic mass is 79.9. The van der Waals surface area contributed by atoms with Crippen LogP contribution in [0.3, 0.4) is 0 Å². The Morgan fingerprint density at radius 2 is 1.95 bits per heavy atom. The summed E-state index contributed by atoms with van der Waals surface area (Å²) in [4.78, 5) is 2.55. The molecule has 2 fully saturated rings. The highest BCUT2D eigenvalue weighted by Crippen LogP contribution is 2.28. The molecule has 3 rings (SSSR count). The molecule has 2 nitrogen and oxygen atoms in total. The Kier molecular flexibility index (Phi) is 5.03. The molecule has 1 saturated heterocycles. The minimum Gasteiger partial charge on any atom is -0.314 e. The first-order valence-electron chi connectivity index (χ1n) is 7.60. The average molecular weight is 358 g/mol. The summed E-state index contributed by atoms with van der Waals surface area (Å²) in [6, 6.07) is 6.98. The molecule has 1 aliphatic carbocycles. The summed E-state index contributed by atoms with van der Waals surface area (Å²) in [5.74, 6) is 0.986. The largest absolute Gasteiger partial charge is 0.314 e. The van der Waals surface area contributed by atoms with Gasteiger partial charge in [-0.25, -0.2) is 0 Å². The Hall–Kier alpha value is -0.0900. The zero-order chi connectivity index (χ0) is 13.9. The molecule has 2 aliphatic rings. The second-order valence-corrected chi connectivity index (χ2v) is 7.41. The highest BCUT2D eigenvalue weighted by molar-refractivity contribution is 9.10. The topological polar surface area (TPSA) is 15.3 Å². The maximum Gasteiger partial charge on any atom is 0.0548 e. The molecule has 20 heavy (non-hydrogen) atoms. The Labute approximate surface area is 135 Å². The Balaban J connectivity index is 1.44. The number of benzene rings is 1. The van der Waals surface area contributed by atoms with E-state index in [0.717, 1.165) is 28.0 Å². The molecule has 0 radical (unpaired) electrons. The maximum absolute atomic E-state index is 6.04. The van der Waals surface area contributed by atoms with E-state index in [9.17, 15) is 0 Å². The lowest BCUT2D eigenvalue weighted by atomic mass is 10.0. The summed E-state index contributed by atoms with van der Waals surface area (Å²) in [5.41, 5.74) is 1.34. The van der Waals surface area contributed by atoms with E-state index >= 15 is 0 Å². The number of hydrogen-bond acceptors (Lipinski definition) is 2. The van der Waals surface area contributed by atoms with Gasteiger partial charge >= 0.3 is 0 Å². The Morgan fingerprint density at radius 1 is 1.20 bits per heavy atom. The molecule has 0 bridgehead atoms. The Morgan fingerprint density at radius 3 is 2.60 bits per heavy atom. The molecule has 1 aromatic carbocycles. The van der Waals surface area contributed by atoms with Crippen molar-refractivity contribution in [2.45, 2.75) is 38.3 Å². The van der Waals surface area contributed by atoms with Crippen molar-refractivity contribution in [3.63, 3.8) is 0 Å². The zero-order valence-electron chi connectivity index (χ0n) is 11.7. The number of halogens is 2. The van der Waals surface area contributed by atoms with Gasteiger partial charge in [-0.3, -0.25) is 4.90 Å². The standard InChI is InChI=1S/C16H22BrClN2/c17-15-9-13(3-4-16(15)18)11-20-7-5-14(6-8-20)19-10-12-1-2-12/h3-4,9,12,14,19H,1-2,5-8,10-11H2. The number of hydrogen-bond donors (Lipinski definition) is 1. The van der Waals surface area contributed by atoms with Gasteiger partial charge in [0.15, 0.2) is 0 Å². The van der Waals surface area contributed by atoms with Crippen molar-refractivity contribution in [3.8, 4) is 0 Å². The number of likely N-dealkylation sites (tertiary alicyclic amines) is 1. The molecule has 0 unspecified atom stereocenters. The monoisotopic (exact) mass is 356 g/mol. The lowest BCUT2D eigenvalue weighted by Crippen LogP contribution is -2.42. The van der Waals surface area contributed by atoms with Gasteiger partial charge in [0.25, 0.3) is 0 Å². The molecule has 0 spiro atoms. The van der Waals surface area contributed by atoms with Crippen LogP contribution >= 0.6 is 27.5 Å². The van der Waals surface area contributed by atoms with Crippen LogP contribution < -0.4 is 5.32 Å². The van der Waals surface area contributed by atoms with Gasteiger partial charge in [-0.1, -0.05) is 17.7 Å². The first-order valence-corrected chi connectivity index (χ1v) is 8.77. The smallest absolute Gasteiger partial charge is 0.0548 e. The van der Waals surface area contributed by atoms with Gasteiger partial charge in [-0.15, -0.1) is 0 Å². The fourth-order valence-electron chi connectivity index (χ4n) is 2.85. The molecule has 1 aromatic rings. The van der Waals surface area contributed by atoms with E-state index in [-0.39, 0.29) is 0 Å². The van der Waals surface area contributed by atoms with Crippen LogP contribution in [0.15, 0.2) is 22.7 Å². The summed E-state index contributed by atoms with van der Waals surface area (Å²) in [6.45, 7) is 4.67. The number of piperidine rings is 1. The van der Waals surface area contributed by atoms with E-state index in [0.29, 0.717) is 0 Å². The van der Waals surface area contributed by atoms with Gasteiger partial charge in [0, 0.05) is 17.1 Å². The third-order valence-electron chi connectivity index (χ3n) is 4.37. The highest BCUT2D eigenvalue weighted by Gasteiger charge is 2.24. The first kappa shape index (κ1) is 14.8. The molecule has 1 N–H and O–H groups in total. The minimum atomic E-state index is 0.740. The van der Waals surface area contributed by atoms with Crippen molar-refractivity contribution in [2.75, 3.05) is 19.6 Å². The average Bonchev–Trinajstić information content (AvgIpc) is 3.26. The molecule has 4 heteroatoms. The van der Waals surface area contributed by atoms with Crippen LogP contribution in [0, 0.1) is 5.92 Å². The van der Waals surface area contributed by atoms with Crippen LogP contribution in [-0.2, 0) is 6.54 Å². The summed E-state index contributed by atoms with van der Waals surface area (Å²) in [6.07, 6.45) is 5.44. The number of nitrogens with zero attached hydrogens (tertiary/aromatic N) is 1. The predicted octanol–water partition coefficient (Wildman–Crippen LogP) is 4.07. The second kappa shape index (κ2) is 6.78. The quantitative estimate of drug-likeness (QED) is 0.854. The normalized spacial score (nSPS) is 21.3. The molecule has 110 valence electrons. The van der Waals surface area contributed by atoms with Crippen LogP contribution in [0.2, 0.25) is 5.02 Å². The van der Waals surface area contributed by atoms with Gasteiger partial charge in [0.05, 0.1) is 5.02 Å². The molecule has 0 atom stereocenters. The number of rotatable bonds is 5. The van der Waals surface area contributed by atoms with Crippen molar-refractivity contribution in [1.29, 1.82) is 0 Å². The fraction of sp³-hybridized carbons (Fsp3) is 0.625. The molecule has 1 aliphatic heterocycles. The van der Waals surface area contributed by atoms with E-state index < -0.39 is 0 Å². The first-order chi connectivity index (χ1) is 9.70. The fourth-order valence-corrected chi connectivity index (χ4v) is 3.39. The minimum absolute atomic E-state index is 0.740. The van der Waals surface area contributed by atoms with Crippen LogP contribution in [0.1, 0.15) is 31.2 Å². The third kappa shape index (κ3) is 4.20. The summed E-state index contributed by atoms with van der Waals surface area (Å²) in [5, 5.41) is 4.52. The van der Waals surface area contributed by atoms with Crippen LogP contribution in [0.5, 0.6) is 0 Å². The van der Waals surface area contributed by atoms with Crippen molar-refractivity contribution in [1.82, 2.24) is 10.2 Å². The van der Waals surface area contributed by atoms with Gasteiger partial charge in [0.2, 0.25) is 0 Å². The third-order valence-corrected chi connectivity index (χ3v) is 5.58. The number of nitrogens with one attached hydrogen (secondary N) is 1. The van der Waals surface area contributed by atoms with Crippen molar-refractivity contribution >= 4 is 27.5 Å². The molecule has 1 saturated carbocycles. The van der Waals surface area contributed by atoms with E-state index in [1.165, 1.54) is 50.9 Å². The van der Waals surface area contributed by atoms with Crippen molar-refractivity contribution in [2.24, 2.45) is 5.92 Å². The van der Waals surface area contributed by atoms with Crippen LogP contribution in [-0.4, -0.2) is 30.6 Å². The van der Waals surface area contributed by atoms with Crippen molar-refractivity contribution < 1.29 is 0 Å². The van der Waals surface area contributed by atoms with E-state index in [2.05, 4.69) is 38.3 Å². The Bertz CT molecular complexity index is 454. The van der Waals surface area contributed by atoms with Gasteiger partial charge in [-0.05, 0) is 84.9 Å². The van der Waals surface area contributed by atoms with Gasteiger partial charge in [0.1, 0.15) is 0 Å². The summed E-state index contributed by atoms with van der Waals surface area (Å²) >= 11 is 9.54. The molecule has 1 heterocycles. The zero-order valence-corrected chi connectivity index (χ0v) is 14.1. The maximum atomic E-state index is 6.04. The summed E-state index contributed by atoms with van der Waals surface area (Å²) in [7, 11) is 0. The van der Waals surface area contributed by atoms with Crippen molar-refractivity contribution in [3.05, 3.63) is 33.3 Å². The molecule has 0 amide bonds. The van der Waals surface area contributed by atoms with Gasteiger partial charge in [-0.2, -0.15) is 0 Å². The van der Waals surface area contributed by atoms with Crippen LogP contribution in [0.25, 0.3) is 0 Å². The van der Waals surface area contributed by atoms with Crippen LogP contribution in [0.4, 0.5) is 0 Å². The second-order valence-electron chi connectivity index (χ2n) is 6.15. The lowest BCUT2D eigenvalue weighted by Gasteiger charge is -2.32. The molecular weight excluding hydrogens is 336 g/mol. The van der Waals surface area contributed by atoms with E-state index in [1.807, 2.05) is 6.07 Å². The lowest BCUT2D eigenvalue weighted by molar-refractivity contribution is 0.190. The predicted molar refractivity (Wildman–Crippen MR) is 88.2 cm³/mol. The van der Waals surface area contributed by atoms with E-state index in [4.69, 9.17) is 11.6 Å². The molecule has 0 aromatic heterocycles.